The summed E-state index contributed by atoms with van der Waals surface area (Å²) in [7, 11) is 1.25. The summed E-state index contributed by atoms with van der Waals surface area (Å²) in [5.41, 5.74) is 4.41. The second-order valence-electron chi connectivity index (χ2n) is 3.56. The maximum atomic E-state index is 13.4. The van der Waals surface area contributed by atoms with Gasteiger partial charge >= 0.3 is 0 Å². The van der Waals surface area contributed by atoms with E-state index in [1.807, 2.05) is 5.32 Å². The fraction of sp³-hybridized carbons (Fsp3) is 0.364. The van der Waals surface area contributed by atoms with Gasteiger partial charge in [-0.2, -0.15) is 0 Å². The molecule has 7 heteroatoms. The van der Waals surface area contributed by atoms with Crippen LogP contribution in [0.1, 0.15) is 10.4 Å². The molecule has 1 amide bonds. The highest BCUT2D eigenvalue weighted by Gasteiger charge is 2.28. The summed E-state index contributed by atoms with van der Waals surface area (Å²) in [4.78, 5) is 11.6. The summed E-state index contributed by atoms with van der Waals surface area (Å²) in [5.74, 6) is -5.07. The van der Waals surface area contributed by atoms with E-state index in [1.54, 1.807) is 0 Å². The van der Waals surface area contributed by atoms with Crippen LogP contribution in [-0.2, 0) is 0 Å². The van der Waals surface area contributed by atoms with Crippen molar-refractivity contribution in [1.29, 1.82) is 0 Å². The van der Waals surface area contributed by atoms with Crippen molar-refractivity contribution in [3.63, 3.8) is 0 Å². The summed E-state index contributed by atoms with van der Waals surface area (Å²) in [6.45, 7) is -1.86. The van der Waals surface area contributed by atoms with Gasteiger partial charge in [0.2, 0.25) is 0 Å². The molecule has 0 aliphatic carbocycles. The topological polar surface area (TPSA) is 64.3 Å². The summed E-state index contributed by atoms with van der Waals surface area (Å²) in [6, 6.07) is 3.75. The largest absolute Gasteiger partial charge is 0.496 e. The van der Waals surface area contributed by atoms with Crippen LogP contribution in [0.2, 0.25) is 0 Å². The van der Waals surface area contributed by atoms with Crippen LogP contribution in [-0.4, -0.2) is 32.0 Å². The number of nitrogens with two attached hydrogens (primary N) is 1. The zero-order valence-corrected chi connectivity index (χ0v) is 9.67. The van der Waals surface area contributed by atoms with E-state index < -0.39 is 36.3 Å². The van der Waals surface area contributed by atoms with E-state index in [1.165, 1.54) is 19.2 Å². The van der Waals surface area contributed by atoms with Crippen LogP contribution >= 0.6 is 0 Å². The fourth-order valence-corrected chi connectivity index (χ4v) is 1.26. The predicted molar refractivity (Wildman–Crippen MR) is 59.3 cm³/mol. The molecule has 0 saturated heterocycles. The molecule has 100 valence electrons. The Balaban J connectivity index is 2.85. The molecule has 1 rings (SSSR count). The van der Waals surface area contributed by atoms with Gasteiger partial charge in [-0.1, -0.05) is 6.07 Å². The number of amides is 1. The third kappa shape index (κ3) is 3.36. The quantitative estimate of drug-likeness (QED) is 0.837. The van der Waals surface area contributed by atoms with Crippen molar-refractivity contribution in [3.05, 3.63) is 29.6 Å². The lowest BCUT2D eigenvalue weighted by atomic mass is 10.1. The lowest BCUT2D eigenvalue weighted by Crippen LogP contribution is -2.41. The number of ether oxygens (including phenoxy) is 1. The lowest BCUT2D eigenvalue weighted by Gasteiger charge is -2.15. The Morgan fingerprint density at radius 1 is 1.50 bits per heavy atom. The maximum absolute atomic E-state index is 13.4. The van der Waals surface area contributed by atoms with Crippen LogP contribution < -0.4 is 15.8 Å². The molecule has 0 aliphatic rings. The van der Waals surface area contributed by atoms with Gasteiger partial charge in [0.25, 0.3) is 11.8 Å². The van der Waals surface area contributed by atoms with E-state index in [0.29, 0.717) is 0 Å². The van der Waals surface area contributed by atoms with E-state index in [4.69, 9.17) is 10.5 Å². The zero-order chi connectivity index (χ0) is 13.8. The molecule has 0 fully saturated rings. The number of hydrogen-bond acceptors (Lipinski definition) is 3. The molecule has 18 heavy (non-hydrogen) atoms. The van der Waals surface area contributed by atoms with E-state index in [-0.39, 0.29) is 5.75 Å². The lowest BCUT2D eigenvalue weighted by molar-refractivity contribution is 0.0118. The Bertz CT molecular complexity index is 438. The first-order valence-electron chi connectivity index (χ1n) is 5.10. The van der Waals surface area contributed by atoms with E-state index in [0.717, 1.165) is 6.07 Å². The molecule has 0 aliphatic heterocycles. The number of carbonyl (C=O) groups excluding carboxylic acids is 1. The fourth-order valence-electron chi connectivity index (χ4n) is 1.26. The molecule has 0 atom stereocenters. The van der Waals surface area contributed by atoms with Gasteiger partial charge in [-0.25, -0.2) is 13.2 Å². The average molecular weight is 262 g/mol. The van der Waals surface area contributed by atoms with E-state index in [9.17, 15) is 18.0 Å². The minimum atomic E-state index is -3.23. The van der Waals surface area contributed by atoms with Gasteiger partial charge in [0.05, 0.1) is 20.2 Å². The van der Waals surface area contributed by atoms with Gasteiger partial charge in [-0.05, 0) is 12.1 Å². The summed E-state index contributed by atoms with van der Waals surface area (Å²) in [5, 5.41) is 1.92. The Morgan fingerprint density at radius 3 is 2.72 bits per heavy atom. The minimum Gasteiger partial charge on any atom is -0.496 e. The van der Waals surface area contributed by atoms with Crippen molar-refractivity contribution in [3.8, 4) is 5.75 Å². The molecular weight excluding hydrogens is 249 g/mol. The third-order valence-corrected chi connectivity index (χ3v) is 2.23. The normalized spacial score (nSPS) is 11.2. The Labute approximate surface area is 102 Å². The number of benzene rings is 1. The predicted octanol–water partition coefficient (Wildman–Crippen LogP) is 1.16. The highest BCUT2D eigenvalue weighted by Crippen LogP contribution is 2.21. The van der Waals surface area contributed by atoms with Crippen molar-refractivity contribution in [1.82, 2.24) is 5.32 Å². The van der Waals surface area contributed by atoms with Crippen LogP contribution in [0.5, 0.6) is 5.75 Å². The van der Waals surface area contributed by atoms with Crippen molar-refractivity contribution in [2.75, 3.05) is 20.2 Å². The highest BCUT2D eigenvalue weighted by atomic mass is 19.3. The molecule has 4 nitrogen and oxygen atoms in total. The first-order chi connectivity index (χ1) is 8.41. The van der Waals surface area contributed by atoms with Crippen molar-refractivity contribution >= 4 is 5.91 Å². The molecule has 0 aromatic heterocycles. The molecule has 0 saturated carbocycles. The summed E-state index contributed by atoms with van der Waals surface area (Å²) in [6.07, 6.45) is 0. The number of halogens is 3. The van der Waals surface area contributed by atoms with Crippen molar-refractivity contribution in [2.45, 2.75) is 5.92 Å². The molecular formula is C11H13F3N2O2. The second kappa shape index (κ2) is 5.72. The van der Waals surface area contributed by atoms with Gasteiger partial charge in [-0.3, -0.25) is 4.79 Å². The molecule has 1 aromatic carbocycles. The number of alkyl halides is 2. The molecule has 0 radical (unpaired) electrons. The Hall–Kier alpha value is -1.76. The van der Waals surface area contributed by atoms with Crippen LogP contribution in [0.25, 0.3) is 0 Å². The van der Waals surface area contributed by atoms with Gasteiger partial charge < -0.3 is 15.8 Å². The van der Waals surface area contributed by atoms with E-state index in [2.05, 4.69) is 0 Å². The standard InChI is InChI=1S/C11H13F3N2O2/c1-18-8-4-2-3-7(12)9(8)10(17)16-6-11(13,14)5-15/h2-4H,5-6,15H2,1H3,(H,16,17). The minimum absolute atomic E-state index is 0.0245. The molecule has 0 bridgehead atoms. The third-order valence-electron chi connectivity index (χ3n) is 2.23. The average Bonchev–Trinajstić information content (AvgIpc) is 2.35. The SMILES string of the molecule is COc1cccc(F)c1C(=O)NCC(F)(F)CN. The molecule has 0 heterocycles. The molecule has 0 spiro atoms. The number of rotatable bonds is 5. The van der Waals surface area contributed by atoms with Crippen LogP contribution in [0, 0.1) is 5.82 Å². The van der Waals surface area contributed by atoms with Crippen molar-refractivity contribution in [2.24, 2.45) is 5.73 Å². The van der Waals surface area contributed by atoms with Crippen LogP contribution in [0.4, 0.5) is 13.2 Å². The molecule has 3 N–H and O–H groups in total. The first kappa shape index (κ1) is 14.3. The maximum Gasteiger partial charge on any atom is 0.277 e. The molecule has 0 unspecified atom stereocenters. The number of methoxy groups -OCH3 is 1. The number of hydrogen-bond donors (Lipinski definition) is 2. The van der Waals surface area contributed by atoms with E-state index >= 15 is 0 Å². The zero-order valence-electron chi connectivity index (χ0n) is 9.67. The van der Waals surface area contributed by atoms with Crippen molar-refractivity contribution < 1.29 is 22.7 Å². The van der Waals surface area contributed by atoms with Crippen LogP contribution in [0.15, 0.2) is 18.2 Å². The van der Waals surface area contributed by atoms with Gasteiger partial charge in [0, 0.05) is 0 Å². The smallest absolute Gasteiger partial charge is 0.277 e. The second-order valence-corrected chi connectivity index (χ2v) is 3.56. The molecule has 1 aromatic rings. The monoisotopic (exact) mass is 262 g/mol. The van der Waals surface area contributed by atoms with Gasteiger partial charge in [0.15, 0.2) is 0 Å². The Kier molecular flexibility index (Phi) is 4.55. The summed E-state index contributed by atoms with van der Waals surface area (Å²) >= 11 is 0. The highest BCUT2D eigenvalue weighted by molar-refractivity contribution is 5.97. The van der Waals surface area contributed by atoms with Gasteiger partial charge in [-0.15, -0.1) is 0 Å². The van der Waals surface area contributed by atoms with Gasteiger partial charge in [0.1, 0.15) is 17.1 Å². The summed E-state index contributed by atoms with van der Waals surface area (Å²) < 4.78 is 43.9. The Morgan fingerprint density at radius 2 is 2.17 bits per heavy atom. The number of carbonyl (C=O) groups is 1. The first-order valence-corrected chi connectivity index (χ1v) is 5.10. The number of nitrogens with one attached hydrogen (secondary N) is 1. The van der Waals surface area contributed by atoms with Crippen LogP contribution in [0.3, 0.4) is 0 Å².